The van der Waals surface area contributed by atoms with E-state index >= 15 is 0 Å². The monoisotopic (exact) mass is 222 g/mol. The Balaban J connectivity index is 2.93. The van der Waals surface area contributed by atoms with Crippen molar-refractivity contribution in [3.8, 4) is 11.5 Å². The highest BCUT2D eigenvalue weighted by molar-refractivity contribution is 6.15. The van der Waals surface area contributed by atoms with Gasteiger partial charge in [0.05, 0.1) is 19.3 Å². The third-order valence-corrected chi connectivity index (χ3v) is 2.05. The SMILES string of the molecule is C=C(C(=O)OCC)c1ccc(OC)c(O)c1. The van der Waals surface area contributed by atoms with Crippen LogP contribution in [0.15, 0.2) is 24.8 Å². The number of carbonyl (C=O) groups excluding carboxylic acids is 1. The molecule has 0 radical (unpaired) electrons. The van der Waals surface area contributed by atoms with Gasteiger partial charge in [-0.3, -0.25) is 0 Å². The fourth-order valence-electron chi connectivity index (χ4n) is 1.21. The van der Waals surface area contributed by atoms with Gasteiger partial charge >= 0.3 is 5.97 Å². The number of ether oxygens (including phenoxy) is 2. The third-order valence-electron chi connectivity index (χ3n) is 2.05. The number of aromatic hydroxyl groups is 1. The Morgan fingerprint density at radius 1 is 1.50 bits per heavy atom. The van der Waals surface area contributed by atoms with Crippen LogP contribution < -0.4 is 4.74 Å². The van der Waals surface area contributed by atoms with Crippen molar-refractivity contribution in [3.05, 3.63) is 30.3 Å². The van der Waals surface area contributed by atoms with E-state index in [2.05, 4.69) is 6.58 Å². The van der Waals surface area contributed by atoms with Crippen molar-refractivity contribution in [1.29, 1.82) is 0 Å². The van der Waals surface area contributed by atoms with Crippen LogP contribution in [0.25, 0.3) is 5.57 Å². The Kier molecular flexibility index (Phi) is 3.94. The summed E-state index contributed by atoms with van der Waals surface area (Å²) in [7, 11) is 1.45. The Bertz CT molecular complexity index is 409. The molecule has 1 rings (SSSR count). The number of hydrogen-bond acceptors (Lipinski definition) is 4. The second kappa shape index (κ2) is 5.21. The molecule has 4 nitrogen and oxygen atoms in total. The summed E-state index contributed by atoms with van der Waals surface area (Å²) in [5, 5.41) is 9.53. The molecule has 0 saturated heterocycles. The van der Waals surface area contributed by atoms with Crippen LogP contribution in [0.4, 0.5) is 0 Å². The maximum absolute atomic E-state index is 11.4. The molecule has 1 N–H and O–H groups in total. The maximum Gasteiger partial charge on any atom is 0.338 e. The van der Waals surface area contributed by atoms with E-state index in [1.807, 2.05) is 0 Å². The van der Waals surface area contributed by atoms with Gasteiger partial charge in [0.15, 0.2) is 11.5 Å². The van der Waals surface area contributed by atoms with E-state index in [0.717, 1.165) is 0 Å². The lowest BCUT2D eigenvalue weighted by Crippen LogP contribution is -2.05. The van der Waals surface area contributed by atoms with Gasteiger partial charge in [0, 0.05) is 0 Å². The van der Waals surface area contributed by atoms with Crippen molar-refractivity contribution in [2.75, 3.05) is 13.7 Å². The molecular weight excluding hydrogens is 208 g/mol. The van der Waals surface area contributed by atoms with Crippen LogP contribution in [0.1, 0.15) is 12.5 Å². The Labute approximate surface area is 94.1 Å². The summed E-state index contributed by atoms with van der Waals surface area (Å²) in [4.78, 5) is 11.4. The first-order valence-electron chi connectivity index (χ1n) is 4.83. The fraction of sp³-hybridized carbons (Fsp3) is 0.250. The number of phenols is 1. The fourth-order valence-corrected chi connectivity index (χ4v) is 1.21. The highest BCUT2D eigenvalue weighted by Gasteiger charge is 2.12. The van der Waals surface area contributed by atoms with Crippen LogP contribution in [0, 0.1) is 0 Å². The molecular formula is C12H14O4. The molecule has 0 saturated carbocycles. The van der Waals surface area contributed by atoms with Crippen molar-refractivity contribution < 1.29 is 19.4 Å². The lowest BCUT2D eigenvalue weighted by Gasteiger charge is -2.08. The lowest BCUT2D eigenvalue weighted by molar-refractivity contribution is -0.136. The maximum atomic E-state index is 11.4. The number of hydrogen-bond donors (Lipinski definition) is 1. The van der Waals surface area contributed by atoms with Gasteiger partial charge in [-0.15, -0.1) is 0 Å². The van der Waals surface area contributed by atoms with Gasteiger partial charge in [-0.25, -0.2) is 4.79 Å². The molecule has 0 aliphatic carbocycles. The topological polar surface area (TPSA) is 55.8 Å². The van der Waals surface area contributed by atoms with Gasteiger partial charge in [-0.2, -0.15) is 0 Å². The molecule has 0 bridgehead atoms. The summed E-state index contributed by atoms with van der Waals surface area (Å²) in [6.07, 6.45) is 0. The molecule has 1 aromatic rings. The van der Waals surface area contributed by atoms with Crippen LogP contribution in [0.5, 0.6) is 11.5 Å². The largest absolute Gasteiger partial charge is 0.504 e. The summed E-state index contributed by atoms with van der Waals surface area (Å²) < 4.78 is 9.69. The second-order valence-electron chi connectivity index (χ2n) is 3.09. The molecule has 0 aromatic heterocycles. The normalized spacial score (nSPS) is 9.62. The zero-order valence-corrected chi connectivity index (χ0v) is 9.32. The number of methoxy groups -OCH3 is 1. The minimum atomic E-state index is -0.493. The van der Waals surface area contributed by atoms with Crippen molar-refractivity contribution in [3.63, 3.8) is 0 Å². The molecule has 0 aliphatic heterocycles. The lowest BCUT2D eigenvalue weighted by atomic mass is 10.1. The average Bonchev–Trinajstić information content (AvgIpc) is 2.28. The first kappa shape index (κ1) is 12.1. The second-order valence-corrected chi connectivity index (χ2v) is 3.09. The average molecular weight is 222 g/mol. The summed E-state index contributed by atoms with van der Waals surface area (Å²) in [6.45, 7) is 5.62. The van der Waals surface area contributed by atoms with Gasteiger partial charge < -0.3 is 14.6 Å². The molecule has 1 aromatic carbocycles. The van der Waals surface area contributed by atoms with E-state index in [4.69, 9.17) is 9.47 Å². The molecule has 0 amide bonds. The van der Waals surface area contributed by atoms with Gasteiger partial charge in [0.1, 0.15) is 0 Å². The quantitative estimate of drug-likeness (QED) is 0.625. The highest BCUT2D eigenvalue weighted by Crippen LogP contribution is 2.29. The number of esters is 1. The van der Waals surface area contributed by atoms with Crippen molar-refractivity contribution in [1.82, 2.24) is 0 Å². The summed E-state index contributed by atoms with van der Waals surface area (Å²) in [5.41, 5.74) is 0.719. The number of benzene rings is 1. The molecule has 4 heteroatoms. The van der Waals surface area contributed by atoms with Crippen LogP contribution >= 0.6 is 0 Å². The first-order chi connectivity index (χ1) is 7.60. The van der Waals surface area contributed by atoms with Crippen LogP contribution in [-0.4, -0.2) is 24.8 Å². The van der Waals surface area contributed by atoms with Gasteiger partial charge in [-0.05, 0) is 24.6 Å². The van der Waals surface area contributed by atoms with Gasteiger partial charge in [-0.1, -0.05) is 12.6 Å². The summed E-state index contributed by atoms with van der Waals surface area (Å²) >= 11 is 0. The van der Waals surface area contributed by atoms with E-state index in [1.54, 1.807) is 19.1 Å². The van der Waals surface area contributed by atoms with Crippen molar-refractivity contribution in [2.45, 2.75) is 6.92 Å². The molecule has 0 unspecified atom stereocenters. The van der Waals surface area contributed by atoms with E-state index < -0.39 is 5.97 Å². The summed E-state index contributed by atoms with van der Waals surface area (Å²) in [5.74, 6) is -0.182. The van der Waals surface area contributed by atoms with Gasteiger partial charge in [0.2, 0.25) is 0 Å². The molecule has 16 heavy (non-hydrogen) atoms. The Hall–Kier alpha value is -1.97. The number of rotatable bonds is 4. The molecule has 0 heterocycles. The van der Waals surface area contributed by atoms with E-state index in [-0.39, 0.29) is 11.3 Å². The molecule has 0 spiro atoms. The zero-order chi connectivity index (χ0) is 12.1. The minimum Gasteiger partial charge on any atom is -0.504 e. The summed E-state index contributed by atoms with van der Waals surface area (Å²) in [6, 6.07) is 4.62. The van der Waals surface area contributed by atoms with E-state index in [1.165, 1.54) is 13.2 Å². The standard InChI is InChI=1S/C12H14O4/c1-4-16-12(14)8(2)9-5-6-11(15-3)10(13)7-9/h5-7,13H,2,4H2,1,3H3. The smallest absolute Gasteiger partial charge is 0.338 e. The van der Waals surface area contributed by atoms with Crippen molar-refractivity contribution in [2.24, 2.45) is 0 Å². The molecule has 0 fully saturated rings. The van der Waals surface area contributed by atoms with Crippen molar-refractivity contribution >= 4 is 11.5 Å². The van der Waals surface area contributed by atoms with Gasteiger partial charge in [0.25, 0.3) is 0 Å². The number of phenolic OH excluding ortho intramolecular Hbond substituents is 1. The first-order valence-corrected chi connectivity index (χ1v) is 4.83. The highest BCUT2D eigenvalue weighted by atomic mass is 16.5. The predicted octanol–water partition coefficient (Wildman–Crippen LogP) is 1.98. The van der Waals surface area contributed by atoms with E-state index in [0.29, 0.717) is 17.9 Å². The zero-order valence-electron chi connectivity index (χ0n) is 9.32. The van der Waals surface area contributed by atoms with Crippen LogP contribution in [0.3, 0.4) is 0 Å². The molecule has 0 atom stereocenters. The van der Waals surface area contributed by atoms with Crippen LogP contribution in [0.2, 0.25) is 0 Å². The minimum absolute atomic E-state index is 0.0366. The molecule has 86 valence electrons. The Morgan fingerprint density at radius 3 is 2.69 bits per heavy atom. The van der Waals surface area contributed by atoms with Crippen LogP contribution in [-0.2, 0) is 9.53 Å². The predicted molar refractivity (Wildman–Crippen MR) is 60.3 cm³/mol. The third kappa shape index (κ3) is 2.53. The van der Waals surface area contributed by atoms with E-state index in [9.17, 15) is 9.90 Å². The number of carbonyl (C=O) groups is 1. The molecule has 0 aliphatic rings. The Morgan fingerprint density at radius 2 is 2.19 bits per heavy atom.